The molecule has 204 valence electrons. The van der Waals surface area contributed by atoms with Crippen LogP contribution in [0.3, 0.4) is 0 Å². The molecule has 4 nitrogen and oxygen atoms in total. The van der Waals surface area contributed by atoms with Crippen LogP contribution in [0.2, 0.25) is 36.3 Å². The number of rotatable bonds is 10. The summed E-state index contributed by atoms with van der Waals surface area (Å²) in [6, 6.07) is 10.8. The Hall–Kier alpha value is -0.956. The van der Waals surface area contributed by atoms with Gasteiger partial charge in [-0.15, -0.1) is 0 Å². The summed E-state index contributed by atoms with van der Waals surface area (Å²) >= 11 is 0. The van der Waals surface area contributed by atoms with Crippen LogP contribution in [0.1, 0.15) is 79.2 Å². The lowest BCUT2D eigenvalue weighted by atomic mass is 9.87. The highest BCUT2D eigenvalue weighted by Gasteiger charge is 2.53. The minimum absolute atomic E-state index is 0.0288. The molecule has 5 atom stereocenters. The van der Waals surface area contributed by atoms with Gasteiger partial charge in [0, 0.05) is 18.4 Å². The fraction of sp³-hybridized carbons (Fsp3) is 0.767. The summed E-state index contributed by atoms with van der Waals surface area (Å²) in [6.45, 7) is 23.3. The molecular weight excluding hydrogens is 480 g/mol. The van der Waals surface area contributed by atoms with Crippen molar-refractivity contribution in [2.45, 2.75) is 135 Å². The van der Waals surface area contributed by atoms with Crippen molar-refractivity contribution in [2.75, 3.05) is 0 Å². The fourth-order valence-electron chi connectivity index (χ4n) is 5.25. The Bertz CT molecular complexity index is 869. The van der Waals surface area contributed by atoms with Crippen molar-refractivity contribution >= 4 is 22.6 Å². The van der Waals surface area contributed by atoms with Crippen LogP contribution in [0.25, 0.3) is 0 Å². The Morgan fingerprint density at radius 3 is 2.14 bits per heavy atom. The normalized spacial score (nSPS) is 26.1. The van der Waals surface area contributed by atoms with Crippen molar-refractivity contribution in [1.82, 2.24) is 0 Å². The SMILES string of the molecule is CC(C)(C)[Si](C)(C)OC1CC2OC(=O)CC2C1CC[C@H](CCc1ccccc1)O[Si](C)(C)C(C)(C)C. The summed E-state index contributed by atoms with van der Waals surface area (Å²) in [6.07, 6.45) is 5.93. The molecule has 1 heterocycles. The van der Waals surface area contributed by atoms with E-state index in [-0.39, 0.29) is 40.3 Å². The largest absolute Gasteiger partial charge is 0.462 e. The molecule has 0 amide bonds. The molecule has 1 aliphatic heterocycles. The van der Waals surface area contributed by atoms with Gasteiger partial charge in [0.25, 0.3) is 0 Å². The molecule has 0 aromatic heterocycles. The number of carbonyl (C=O) groups excluding carboxylic acids is 1. The Morgan fingerprint density at radius 2 is 1.56 bits per heavy atom. The zero-order valence-electron chi connectivity index (χ0n) is 24.6. The van der Waals surface area contributed by atoms with Crippen molar-refractivity contribution in [2.24, 2.45) is 11.8 Å². The first kappa shape index (κ1) is 29.6. The molecule has 6 heteroatoms. The number of hydrogen-bond acceptors (Lipinski definition) is 4. The highest BCUT2D eigenvalue weighted by molar-refractivity contribution is 6.74. The van der Waals surface area contributed by atoms with E-state index in [0.29, 0.717) is 12.3 Å². The Balaban J connectivity index is 1.76. The van der Waals surface area contributed by atoms with Crippen LogP contribution in [-0.2, 0) is 24.8 Å². The van der Waals surface area contributed by atoms with Crippen LogP contribution in [0.15, 0.2) is 30.3 Å². The van der Waals surface area contributed by atoms with Crippen LogP contribution < -0.4 is 0 Å². The van der Waals surface area contributed by atoms with Gasteiger partial charge in [0.2, 0.25) is 0 Å². The summed E-state index contributed by atoms with van der Waals surface area (Å²) in [5.41, 5.74) is 1.37. The maximum Gasteiger partial charge on any atom is 0.306 e. The van der Waals surface area contributed by atoms with Gasteiger partial charge in [-0.2, -0.15) is 0 Å². The third-order valence-corrected chi connectivity index (χ3v) is 18.6. The van der Waals surface area contributed by atoms with Crippen molar-refractivity contribution in [3.05, 3.63) is 35.9 Å². The van der Waals surface area contributed by atoms with Crippen LogP contribution >= 0.6 is 0 Å². The maximum atomic E-state index is 12.2. The van der Waals surface area contributed by atoms with Crippen molar-refractivity contribution in [1.29, 1.82) is 0 Å². The van der Waals surface area contributed by atoms with Gasteiger partial charge < -0.3 is 13.6 Å². The lowest BCUT2D eigenvalue weighted by molar-refractivity contribution is -0.141. The van der Waals surface area contributed by atoms with Gasteiger partial charge in [-0.3, -0.25) is 4.79 Å². The smallest absolute Gasteiger partial charge is 0.306 e. The monoisotopic (exact) mass is 532 g/mol. The first-order chi connectivity index (χ1) is 16.5. The zero-order chi connectivity index (χ0) is 26.9. The minimum Gasteiger partial charge on any atom is -0.462 e. The summed E-state index contributed by atoms with van der Waals surface area (Å²) < 4.78 is 19.8. The molecule has 1 aromatic carbocycles. The third-order valence-electron chi connectivity index (χ3n) is 9.59. The fourth-order valence-corrected chi connectivity index (χ4v) is 8.06. The van der Waals surface area contributed by atoms with E-state index in [9.17, 15) is 4.79 Å². The highest BCUT2D eigenvalue weighted by atomic mass is 28.4. The molecule has 0 bridgehead atoms. The average Bonchev–Trinajstić information content (AvgIpc) is 3.24. The molecule has 2 fully saturated rings. The van der Waals surface area contributed by atoms with E-state index in [1.165, 1.54) is 5.56 Å². The number of aryl methyl sites for hydroxylation is 1. The topological polar surface area (TPSA) is 44.8 Å². The number of carbonyl (C=O) groups is 1. The first-order valence-electron chi connectivity index (χ1n) is 14.1. The van der Waals surface area contributed by atoms with Crippen LogP contribution in [0.5, 0.6) is 0 Å². The molecule has 1 aliphatic carbocycles. The zero-order valence-corrected chi connectivity index (χ0v) is 26.6. The Morgan fingerprint density at radius 1 is 0.944 bits per heavy atom. The van der Waals surface area contributed by atoms with Gasteiger partial charge >= 0.3 is 5.97 Å². The average molecular weight is 533 g/mol. The van der Waals surface area contributed by atoms with E-state index in [0.717, 1.165) is 32.1 Å². The van der Waals surface area contributed by atoms with E-state index >= 15 is 0 Å². The maximum absolute atomic E-state index is 12.2. The molecule has 0 N–H and O–H groups in total. The van der Waals surface area contributed by atoms with Crippen molar-refractivity contribution < 1.29 is 18.4 Å². The second-order valence-corrected chi connectivity index (χ2v) is 23.8. The van der Waals surface area contributed by atoms with Crippen LogP contribution in [-0.4, -0.2) is 40.9 Å². The summed E-state index contributed by atoms with van der Waals surface area (Å²) in [5, 5.41) is 0.339. The van der Waals surface area contributed by atoms with Crippen LogP contribution in [0.4, 0.5) is 0 Å². The predicted octanol–water partition coefficient (Wildman–Crippen LogP) is 8.13. The number of hydrogen-bond donors (Lipinski definition) is 0. The molecule has 0 radical (unpaired) electrons. The molecule has 1 saturated carbocycles. The summed E-state index contributed by atoms with van der Waals surface area (Å²) in [4.78, 5) is 12.2. The number of fused-ring (bicyclic) bond motifs is 1. The van der Waals surface area contributed by atoms with E-state index in [1.807, 2.05) is 0 Å². The molecule has 0 spiro atoms. The van der Waals surface area contributed by atoms with Crippen molar-refractivity contribution in [3.8, 4) is 0 Å². The lowest BCUT2D eigenvalue weighted by Gasteiger charge is -2.41. The summed E-state index contributed by atoms with van der Waals surface area (Å²) in [5.74, 6) is 0.617. The third kappa shape index (κ3) is 7.12. The Kier molecular flexibility index (Phi) is 9.07. The number of ether oxygens (including phenoxy) is 1. The van der Waals surface area contributed by atoms with Gasteiger partial charge in [0.15, 0.2) is 16.6 Å². The second kappa shape index (κ2) is 11.0. The molecule has 4 unspecified atom stereocenters. The van der Waals surface area contributed by atoms with Gasteiger partial charge in [0.05, 0.1) is 12.5 Å². The molecule has 1 aromatic rings. The van der Waals surface area contributed by atoms with Gasteiger partial charge in [0.1, 0.15) is 6.10 Å². The first-order valence-corrected chi connectivity index (χ1v) is 19.9. The van der Waals surface area contributed by atoms with Gasteiger partial charge in [-0.05, 0) is 73.4 Å². The lowest BCUT2D eigenvalue weighted by Crippen LogP contribution is -2.46. The molecule has 3 rings (SSSR count). The van der Waals surface area contributed by atoms with E-state index < -0.39 is 16.6 Å². The highest BCUT2D eigenvalue weighted by Crippen LogP contribution is 2.48. The predicted molar refractivity (Wildman–Crippen MR) is 154 cm³/mol. The molecule has 2 aliphatic rings. The minimum atomic E-state index is -1.92. The second-order valence-electron chi connectivity index (χ2n) is 14.3. The van der Waals surface area contributed by atoms with E-state index in [4.69, 9.17) is 13.6 Å². The van der Waals surface area contributed by atoms with E-state index in [2.05, 4.69) is 98.1 Å². The van der Waals surface area contributed by atoms with Gasteiger partial charge in [-0.25, -0.2) is 0 Å². The Labute approximate surface area is 223 Å². The summed E-state index contributed by atoms with van der Waals surface area (Å²) in [7, 11) is -3.82. The molecular formula is C30H52O4Si2. The quantitative estimate of drug-likeness (QED) is 0.225. The van der Waals surface area contributed by atoms with E-state index in [1.54, 1.807) is 0 Å². The number of benzene rings is 1. The standard InChI is InChI=1S/C30H52O4Si2/c1-29(2,3)35(7,8)33-23(17-16-22-14-12-11-13-15-22)18-19-24-25-20-28(31)32-26(25)21-27(24)34-36(9,10)30(4,5)6/h11-15,23-27H,16-21H2,1-10H3/t23-,24?,25?,26?,27?/m0/s1. The van der Waals surface area contributed by atoms with Crippen molar-refractivity contribution in [3.63, 3.8) is 0 Å². The number of esters is 1. The van der Waals surface area contributed by atoms with Crippen LogP contribution in [0, 0.1) is 11.8 Å². The van der Waals surface area contributed by atoms with Gasteiger partial charge in [-0.1, -0.05) is 71.9 Å². The molecule has 36 heavy (non-hydrogen) atoms. The molecule has 1 saturated heterocycles.